The average molecular weight is 471 g/mol. The van der Waals surface area contributed by atoms with Gasteiger partial charge in [-0.15, -0.1) is 13.2 Å². The lowest BCUT2D eigenvalue weighted by atomic mass is 9.96. The van der Waals surface area contributed by atoms with Crippen molar-refractivity contribution in [3.05, 3.63) is 59.7 Å². The molecule has 0 radical (unpaired) electrons. The Morgan fingerprint density at radius 3 is 2.34 bits per heavy atom. The van der Waals surface area contributed by atoms with E-state index in [0.29, 0.717) is 12.8 Å². The first kappa shape index (κ1) is 24.1. The van der Waals surface area contributed by atoms with Gasteiger partial charge in [-0.25, -0.2) is 8.42 Å². The number of rotatable bonds is 6. The van der Waals surface area contributed by atoms with Crippen LogP contribution in [0.2, 0.25) is 0 Å². The Bertz CT molecular complexity index is 1050. The zero-order valence-corrected chi connectivity index (χ0v) is 18.5. The number of sulfonamides is 1. The molecule has 6 nitrogen and oxygen atoms in total. The summed E-state index contributed by atoms with van der Waals surface area (Å²) in [6.07, 6.45) is -4.27. The van der Waals surface area contributed by atoms with E-state index in [1.54, 1.807) is 0 Å². The van der Waals surface area contributed by atoms with E-state index < -0.39 is 22.1 Å². The van der Waals surface area contributed by atoms with E-state index in [0.717, 1.165) is 23.3 Å². The van der Waals surface area contributed by atoms with Crippen molar-refractivity contribution in [1.82, 2.24) is 9.62 Å². The van der Waals surface area contributed by atoms with Crippen LogP contribution in [0.25, 0.3) is 0 Å². The quantitative estimate of drug-likeness (QED) is 0.688. The lowest BCUT2D eigenvalue weighted by Crippen LogP contribution is -2.43. The third-order valence-electron chi connectivity index (χ3n) is 5.44. The minimum atomic E-state index is -4.91. The second-order valence-corrected chi connectivity index (χ2v) is 9.78. The van der Waals surface area contributed by atoms with Crippen LogP contribution in [0.5, 0.6) is 5.75 Å². The highest BCUT2D eigenvalue weighted by atomic mass is 32.2. The monoisotopic (exact) mass is 470 g/mol. The molecule has 0 saturated carbocycles. The van der Waals surface area contributed by atoms with Crippen molar-refractivity contribution < 1.29 is 31.1 Å². The molecule has 1 heterocycles. The molecule has 1 N–H and O–H groups in total. The van der Waals surface area contributed by atoms with Gasteiger partial charge in [0.05, 0.1) is 10.9 Å². The summed E-state index contributed by atoms with van der Waals surface area (Å²) in [4.78, 5) is 12.4. The molecule has 0 aromatic heterocycles. The Kier molecular flexibility index (Phi) is 7.14. The van der Waals surface area contributed by atoms with Crippen LogP contribution in [0, 0.1) is 12.8 Å². The molecule has 0 spiro atoms. The second-order valence-electron chi connectivity index (χ2n) is 7.84. The molecule has 1 aliphatic heterocycles. The Balaban J connectivity index is 1.60. The van der Waals surface area contributed by atoms with Gasteiger partial charge in [0.2, 0.25) is 15.9 Å². The lowest BCUT2D eigenvalue weighted by Gasteiger charge is -2.31. The van der Waals surface area contributed by atoms with Gasteiger partial charge in [-0.05, 0) is 44.4 Å². The molecule has 1 amide bonds. The Labute approximate surface area is 185 Å². The number of nitrogens with zero attached hydrogens (tertiary/aromatic N) is 1. The van der Waals surface area contributed by atoms with Crippen molar-refractivity contribution in [2.45, 2.75) is 44.0 Å². The summed E-state index contributed by atoms with van der Waals surface area (Å²) in [5.41, 5.74) is 2.10. The fourth-order valence-corrected chi connectivity index (χ4v) is 5.11. The van der Waals surface area contributed by atoms with Crippen LogP contribution in [0.3, 0.4) is 0 Å². The Hall–Kier alpha value is -2.59. The SMILES string of the molecule is Cc1ccc(C(C)NC(=O)C2CCN(S(=O)(=O)c3cccc(OC(F)(F)F)c3)CC2)cc1. The highest BCUT2D eigenvalue weighted by Gasteiger charge is 2.34. The Morgan fingerprint density at radius 1 is 1.12 bits per heavy atom. The van der Waals surface area contributed by atoms with Crippen LogP contribution in [0.4, 0.5) is 13.2 Å². The van der Waals surface area contributed by atoms with Gasteiger partial charge in [-0.1, -0.05) is 35.9 Å². The van der Waals surface area contributed by atoms with E-state index >= 15 is 0 Å². The largest absolute Gasteiger partial charge is 0.573 e. The minimum Gasteiger partial charge on any atom is -0.406 e. The summed E-state index contributed by atoms with van der Waals surface area (Å²) in [5, 5.41) is 2.97. The molecule has 1 saturated heterocycles. The number of amides is 1. The highest BCUT2D eigenvalue weighted by molar-refractivity contribution is 7.89. The van der Waals surface area contributed by atoms with Gasteiger partial charge in [0.1, 0.15) is 5.75 Å². The summed E-state index contributed by atoms with van der Waals surface area (Å²) in [6.45, 7) is 4.07. The van der Waals surface area contributed by atoms with Gasteiger partial charge in [0.25, 0.3) is 0 Å². The number of carbonyl (C=O) groups is 1. The normalized spacial score (nSPS) is 17.0. The number of carbonyl (C=O) groups excluding carboxylic acids is 1. The second kappa shape index (κ2) is 9.50. The average Bonchev–Trinajstić information content (AvgIpc) is 2.73. The number of nitrogens with one attached hydrogen (secondary N) is 1. The molecule has 1 unspecified atom stereocenters. The number of alkyl halides is 3. The number of aryl methyl sites for hydroxylation is 1. The first-order chi connectivity index (χ1) is 15.0. The van der Waals surface area contributed by atoms with E-state index in [1.807, 2.05) is 38.1 Å². The van der Waals surface area contributed by atoms with E-state index in [9.17, 15) is 26.4 Å². The molecule has 2 aromatic carbocycles. The molecule has 1 atom stereocenters. The minimum absolute atomic E-state index is 0.101. The van der Waals surface area contributed by atoms with Crippen LogP contribution < -0.4 is 10.1 Å². The Morgan fingerprint density at radius 2 is 1.75 bits per heavy atom. The van der Waals surface area contributed by atoms with Gasteiger partial charge in [0.15, 0.2) is 0 Å². The number of benzene rings is 2. The first-order valence-corrected chi connectivity index (χ1v) is 11.6. The maximum atomic E-state index is 12.9. The standard InChI is InChI=1S/C22H25F3N2O4S/c1-15-6-8-17(9-7-15)16(2)26-21(28)18-10-12-27(13-11-18)32(29,30)20-5-3-4-19(14-20)31-22(23,24)25/h3-9,14,16,18H,10-13H2,1-2H3,(H,26,28). The van der Waals surface area contributed by atoms with Crippen molar-refractivity contribution >= 4 is 15.9 Å². The van der Waals surface area contributed by atoms with Gasteiger partial charge in [0, 0.05) is 25.1 Å². The van der Waals surface area contributed by atoms with E-state index in [2.05, 4.69) is 10.1 Å². The van der Waals surface area contributed by atoms with Crippen LogP contribution in [0.15, 0.2) is 53.4 Å². The summed E-state index contributed by atoms with van der Waals surface area (Å²) < 4.78 is 68.0. The van der Waals surface area contributed by atoms with Gasteiger partial charge < -0.3 is 10.1 Å². The summed E-state index contributed by atoms with van der Waals surface area (Å²) in [7, 11) is -4.01. The van der Waals surface area contributed by atoms with Crippen molar-refractivity contribution in [2.24, 2.45) is 5.92 Å². The van der Waals surface area contributed by atoms with Crippen LogP contribution in [0.1, 0.15) is 36.9 Å². The zero-order valence-electron chi connectivity index (χ0n) is 17.7. The fourth-order valence-electron chi connectivity index (χ4n) is 3.61. The molecule has 0 aliphatic carbocycles. The van der Waals surface area contributed by atoms with Gasteiger partial charge in [-0.2, -0.15) is 4.31 Å². The predicted molar refractivity (Wildman–Crippen MR) is 112 cm³/mol. The highest BCUT2D eigenvalue weighted by Crippen LogP contribution is 2.29. The summed E-state index contributed by atoms with van der Waals surface area (Å²) in [6, 6.07) is 12.0. The molecule has 32 heavy (non-hydrogen) atoms. The molecule has 0 bridgehead atoms. The first-order valence-electron chi connectivity index (χ1n) is 10.2. The summed E-state index contributed by atoms with van der Waals surface area (Å²) in [5.74, 6) is -1.08. The van der Waals surface area contributed by atoms with Crippen molar-refractivity contribution in [2.75, 3.05) is 13.1 Å². The van der Waals surface area contributed by atoms with Crippen LogP contribution in [-0.4, -0.2) is 38.1 Å². The maximum Gasteiger partial charge on any atom is 0.573 e. The number of hydrogen-bond acceptors (Lipinski definition) is 4. The van der Waals surface area contributed by atoms with Crippen LogP contribution in [-0.2, 0) is 14.8 Å². The lowest BCUT2D eigenvalue weighted by molar-refractivity contribution is -0.274. The fraction of sp³-hybridized carbons (Fsp3) is 0.409. The molecule has 174 valence electrons. The maximum absolute atomic E-state index is 12.9. The number of halogens is 3. The third-order valence-corrected chi connectivity index (χ3v) is 7.33. The van der Waals surface area contributed by atoms with Crippen molar-refractivity contribution in [1.29, 1.82) is 0 Å². The van der Waals surface area contributed by atoms with Gasteiger partial charge in [-0.3, -0.25) is 4.79 Å². The number of piperidine rings is 1. The molecular formula is C22H25F3N2O4S. The summed E-state index contributed by atoms with van der Waals surface area (Å²) >= 11 is 0. The van der Waals surface area contributed by atoms with Crippen molar-refractivity contribution in [3.8, 4) is 5.75 Å². The zero-order chi connectivity index (χ0) is 23.5. The molecular weight excluding hydrogens is 445 g/mol. The molecule has 10 heteroatoms. The topological polar surface area (TPSA) is 75.7 Å². The van der Waals surface area contributed by atoms with E-state index in [4.69, 9.17) is 0 Å². The van der Waals surface area contributed by atoms with Gasteiger partial charge >= 0.3 is 6.36 Å². The smallest absolute Gasteiger partial charge is 0.406 e. The number of hydrogen-bond donors (Lipinski definition) is 1. The third kappa shape index (κ3) is 6.01. The van der Waals surface area contributed by atoms with E-state index in [-0.39, 0.29) is 35.9 Å². The van der Waals surface area contributed by atoms with E-state index in [1.165, 1.54) is 16.4 Å². The molecule has 2 aromatic rings. The van der Waals surface area contributed by atoms with Crippen LogP contribution >= 0.6 is 0 Å². The van der Waals surface area contributed by atoms with Crippen molar-refractivity contribution in [3.63, 3.8) is 0 Å². The molecule has 1 fully saturated rings. The molecule has 1 aliphatic rings. The number of ether oxygens (including phenoxy) is 1. The predicted octanol–water partition coefficient (Wildman–Crippen LogP) is 4.17. The molecule has 3 rings (SSSR count).